The number of rotatable bonds is 4. The summed E-state index contributed by atoms with van der Waals surface area (Å²) in [4.78, 5) is 12.8. The maximum absolute atomic E-state index is 5.99. The fraction of sp³-hybridized carbons (Fsp3) is 0.667. The molecule has 0 spiro atoms. The lowest BCUT2D eigenvalue weighted by Gasteiger charge is -2.34. The second-order valence-corrected chi connectivity index (χ2v) is 5.54. The summed E-state index contributed by atoms with van der Waals surface area (Å²) in [6.07, 6.45) is 4.05. The zero-order chi connectivity index (χ0) is 12.4. The summed E-state index contributed by atoms with van der Waals surface area (Å²) < 4.78 is 0. The Morgan fingerprint density at radius 3 is 2.65 bits per heavy atom. The first-order chi connectivity index (χ1) is 8.06. The topological polar surface area (TPSA) is 32.3 Å². The number of alkyl halides is 1. The third-order valence-corrected chi connectivity index (χ3v) is 3.49. The molecule has 0 atom stereocenters. The van der Waals surface area contributed by atoms with Gasteiger partial charge in [0.05, 0.1) is 0 Å². The third-order valence-electron chi connectivity index (χ3n) is 3.13. The van der Waals surface area contributed by atoms with Crippen LogP contribution in [-0.4, -0.2) is 43.0 Å². The van der Waals surface area contributed by atoms with Crippen LogP contribution in [-0.2, 0) is 0 Å². The average molecular weight is 255 g/mol. The van der Waals surface area contributed by atoms with E-state index in [0.717, 1.165) is 31.2 Å². The maximum Gasteiger partial charge on any atom is 0.226 e. The fourth-order valence-corrected chi connectivity index (χ4v) is 2.56. The lowest BCUT2D eigenvalue weighted by atomic mass is 9.84. The number of hydrogen-bond acceptors (Lipinski definition) is 4. The fourth-order valence-electron chi connectivity index (χ4n) is 2.05. The normalized spacial score (nSPS) is 23.1. The van der Waals surface area contributed by atoms with E-state index in [4.69, 9.17) is 11.6 Å². The molecule has 1 aromatic heterocycles. The minimum Gasteiger partial charge on any atom is -0.359 e. The van der Waals surface area contributed by atoms with Crippen molar-refractivity contribution >= 4 is 23.4 Å². The van der Waals surface area contributed by atoms with Crippen molar-refractivity contribution in [1.82, 2.24) is 9.97 Å². The number of aromatic nitrogens is 2. The van der Waals surface area contributed by atoms with Gasteiger partial charge in [-0.25, -0.2) is 4.98 Å². The predicted octanol–water partition coefficient (Wildman–Crippen LogP) is 2.00. The Bertz CT molecular complexity index is 377. The first kappa shape index (κ1) is 12.4. The summed E-state index contributed by atoms with van der Waals surface area (Å²) in [5, 5.41) is 0.385. The molecule has 1 aliphatic rings. The van der Waals surface area contributed by atoms with E-state index in [2.05, 4.69) is 21.9 Å². The molecule has 94 valence electrons. The second kappa shape index (κ2) is 5.08. The van der Waals surface area contributed by atoms with Crippen LogP contribution in [0.1, 0.15) is 12.8 Å². The Labute approximate surface area is 108 Å². The SMILES string of the molecule is CN(C)c1nccc(N(C)CC2CC(Cl)C2)n1. The van der Waals surface area contributed by atoms with Crippen molar-refractivity contribution in [3.8, 4) is 0 Å². The van der Waals surface area contributed by atoms with Crippen molar-refractivity contribution in [1.29, 1.82) is 0 Å². The molecule has 0 unspecified atom stereocenters. The molecule has 1 aliphatic carbocycles. The molecule has 0 saturated heterocycles. The van der Waals surface area contributed by atoms with Gasteiger partial charge >= 0.3 is 0 Å². The zero-order valence-corrected chi connectivity index (χ0v) is 11.4. The number of anilines is 2. The lowest BCUT2D eigenvalue weighted by molar-refractivity contribution is 0.328. The molecule has 1 fully saturated rings. The van der Waals surface area contributed by atoms with Crippen molar-refractivity contribution in [3.05, 3.63) is 12.3 Å². The third kappa shape index (κ3) is 3.00. The molecule has 0 bridgehead atoms. The summed E-state index contributed by atoms with van der Waals surface area (Å²) in [7, 11) is 5.97. The van der Waals surface area contributed by atoms with Crippen LogP contribution in [0.15, 0.2) is 12.3 Å². The summed E-state index contributed by atoms with van der Waals surface area (Å²) in [6.45, 7) is 1.02. The van der Waals surface area contributed by atoms with E-state index in [-0.39, 0.29) is 0 Å². The highest BCUT2D eigenvalue weighted by Gasteiger charge is 2.28. The molecule has 0 amide bonds. The van der Waals surface area contributed by atoms with E-state index < -0.39 is 0 Å². The van der Waals surface area contributed by atoms with E-state index in [1.165, 1.54) is 0 Å². The zero-order valence-electron chi connectivity index (χ0n) is 10.6. The summed E-state index contributed by atoms with van der Waals surface area (Å²) in [5.74, 6) is 2.43. The molecular formula is C12H19ClN4. The van der Waals surface area contributed by atoms with Crippen LogP contribution in [0.5, 0.6) is 0 Å². The van der Waals surface area contributed by atoms with Crippen molar-refractivity contribution in [2.24, 2.45) is 5.92 Å². The van der Waals surface area contributed by atoms with E-state index in [1.54, 1.807) is 6.20 Å². The number of nitrogens with zero attached hydrogens (tertiary/aromatic N) is 4. The molecule has 1 heterocycles. The van der Waals surface area contributed by atoms with Gasteiger partial charge in [-0.05, 0) is 24.8 Å². The monoisotopic (exact) mass is 254 g/mol. The first-order valence-electron chi connectivity index (χ1n) is 5.92. The van der Waals surface area contributed by atoms with Crippen molar-refractivity contribution in [2.75, 3.05) is 37.5 Å². The van der Waals surface area contributed by atoms with E-state index in [0.29, 0.717) is 11.3 Å². The molecule has 5 heteroatoms. The van der Waals surface area contributed by atoms with Gasteiger partial charge in [0.25, 0.3) is 0 Å². The largest absolute Gasteiger partial charge is 0.359 e. The standard InChI is InChI=1S/C12H19ClN4/c1-16(2)12-14-5-4-11(15-12)17(3)8-9-6-10(13)7-9/h4-5,9-10H,6-8H2,1-3H3. The molecule has 0 N–H and O–H groups in total. The predicted molar refractivity (Wildman–Crippen MR) is 72.0 cm³/mol. The van der Waals surface area contributed by atoms with Gasteiger partial charge in [-0.3, -0.25) is 0 Å². The average Bonchev–Trinajstić information content (AvgIpc) is 2.27. The van der Waals surface area contributed by atoms with Gasteiger partial charge in [-0.1, -0.05) is 0 Å². The summed E-state index contributed by atoms with van der Waals surface area (Å²) in [5.41, 5.74) is 0. The molecule has 0 radical (unpaired) electrons. The molecule has 2 rings (SSSR count). The number of hydrogen-bond donors (Lipinski definition) is 0. The second-order valence-electron chi connectivity index (χ2n) is 4.92. The van der Waals surface area contributed by atoms with E-state index in [9.17, 15) is 0 Å². The Morgan fingerprint density at radius 2 is 2.06 bits per heavy atom. The Kier molecular flexibility index (Phi) is 3.72. The van der Waals surface area contributed by atoms with Gasteiger partial charge in [0.15, 0.2) is 0 Å². The van der Waals surface area contributed by atoms with Crippen LogP contribution in [0.2, 0.25) is 0 Å². The molecule has 0 aliphatic heterocycles. The molecule has 0 aromatic carbocycles. The van der Waals surface area contributed by atoms with Gasteiger partial charge in [-0.15, -0.1) is 11.6 Å². The molecule has 17 heavy (non-hydrogen) atoms. The molecule has 4 nitrogen and oxygen atoms in total. The van der Waals surface area contributed by atoms with Crippen LogP contribution in [0.4, 0.5) is 11.8 Å². The molecule has 1 aromatic rings. The first-order valence-corrected chi connectivity index (χ1v) is 6.35. The van der Waals surface area contributed by atoms with E-state index in [1.807, 2.05) is 25.1 Å². The smallest absolute Gasteiger partial charge is 0.226 e. The lowest BCUT2D eigenvalue weighted by Crippen LogP contribution is -2.35. The van der Waals surface area contributed by atoms with E-state index >= 15 is 0 Å². The van der Waals surface area contributed by atoms with Crippen LogP contribution in [0.3, 0.4) is 0 Å². The number of halogens is 1. The van der Waals surface area contributed by atoms with Crippen LogP contribution < -0.4 is 9.80 Å². The van der Waals surface area contributed by atoms with Gasteiger partial charge in [0.1, 0.15) is 5.82 Å². The Balaban J connectivity index is 1.98. The van der Waals surface area contributed by atoms with Crippen LogP contribution >= 0.6 is 11.6 Å². The van der Waals surface area contributed by atoms with Gasteiger partial charge in [0, 0.05) is 39.3 Å². The minimum absolute atomic E-state index is 0.385. The van der Waals surface area contributed by atoms with Crippen molar-refractivity contribution in [3.63, 3.8) is 0 Å². The van der Waals surface area contributed by atoms with Crippen molar-refractivity contribution in [2.45, 2.75) is 18.2 Å². The quantitative estimate of drug-likeness (QED) is 0.770. The summed E-state index contributed by atoms with van der Waals surface area (Å²) >= 11 is 5.99. The maximum atomic E-state index is 5.99. The highest BCUT2D eigenvalue weighted by Crippen LogP contribution is 2.32. The highest BCUT2D eigenvalue weighted by atomic mass is 35.5. The van der Waals surface area contributed by atoms with Gasteiger partial charge in [0.2, 0.25) is 5.95 Å². The molecular weight excluding hydrogens is 236 g/mol. The molecule has 1 saturated carbocycles. The minimum atomic E-state index is 0.385. The van der Waals surface area contributed by atoms with Gasteiger partial charge in [-0.2, -0.15) is 4.98 Å². The Morgan fingerprint density at radius 1 is 1.35 bits per heavy atom. The van der Waals surface area contributed by atoms with Crippen LogP contribution in [0, 0.1) is 5.92 Å². The summed E-state index contributed by atoms with van der Waals surface area (Å²) in [6, 6.07) is 1.95. The van der Waals surface area contributed by atoms with Crippen molar-refractivity contribution < 1.29 is 0 Å². The highest BCUT2D eigenvalue weighted by molar-refractivity contribution is 6.21. The van der Waals surface area contributed by atoms with Gasteiger partial charge < -0.3 is 9.80 Å². The Hall–Kier alpha value is -1.03. The van der Waals surface area contributed by atoms with Crippen LogP contribution in [0.25, 0.3) is 0 Å².